The molecule has 1 aromatic rings. The van der Waals surface area contributed by atoms with Crippen molar-refractivity contribution in [3.63, 3.8) is 0 Å². The molecule has 0 bridgehead atoms. The number of thioether (sulfide) groups is 1. The van der Waals surface area contributed by atoms with Gasteiger partial charge in [0.15, 0.2) is 5.16 Å². The Morgan fingerprint density at radius 2 is 2.00 bits per heavy atom. The third-order valence-electron chi connectivity index (χ3n) is 2.09. The SMILES string of the molecule is CCNc1cc(OCCOC(C)(C)C)nc(SC)n1. The van der Waals surface area contributed by atoms with Gasteiger partial charge in [0, 0.05) is 12.6 Å². The van der Waals surface area contributed by atoms with Crippen LogP contribution in [0.5, 0.6) is 5.88 Å². The summed E-state index contributed by atoms with van der Waals surface area (Å²) in [7, 11) is 0. The molecule has 19 heavy (non-hydrogen) atoms. The second-order valence-corrected chi connectivity index (χ2v) is 5.69. The maximum absolute atomic E-state index is 5.60. The van der Waals surface area contributed by atoms with E-state index < -0.39 is 0 Å². The predicted molar refractivity (Wildman–Crippen MR) is 79.2 cm³/mol. The third kappa shape index (κ3) is 6.63. The Morgan fingerprint density at radius 1 is 1.26 bits per heavy atom. The Bertz CT molecular complexity index is 394. The number of ether oxygens (including phenoxy) is 2. The van der Waals surface area contributed by atoms with Crippen LogP contribution in [0.3, 0.4) is 0 Å². The van der Waals surface area contributed by atoms with Crippen LogP contribution in [0.4, 0.5) is 5.82 Å². The standard InChI is InChI=1S/C13H23N3O2S/c1-6-14-10-9-11(16-12(15-10)19-5)17-7-8-18-13(2,3)4/h9H,6-8H2,1-5H3,(H,14,15,16). The number of nitrogens with zero attached hydrogens (tertiary/aromatic N) is 2. The van der Waals surface area contributed by atoms with E-state index in [1.54, 1.807) is 6.07 Å². The van der Waals surface area contributed by atoms with Gasteiger partial charge in [-0.25, -0.2) is 4.98 Å². The summed E-state index contributed by atoms with van der Waals surface area (Å²) in [5.41, 5.74) is -0.144. The molecule has 0 unspecified atom stereocenters. The molecular formula is C13H23N3O2S. The largest absolute Gasteiger partial charge is 0.475 e. The quantitative estimate of drug-likeness (QED) is 0.472. The lowest BCUT2D eigenvalue weighted by Gasteiger charge is -2.19. The molecule has 0 aliphatic heterocycles. The Labute approximate surface area is 119 Å². The normalized spacial score (nSPS) is 11.4. The highest BCUT2D eigenvalue weighted by Crippen LogP contribution is 2.18. The van der Waals surface area contributed by atoms with Gasteiger partial charge in [-0.3, -0.25) is 0 Å². The molecule has 1 N–H and O–H groups in total. The van der Waals surface area contributed by atoms with Crippen LogP contribution < -0.4 is 10.1 Å². The smallest absolute Gasteiger partial charge is 0.219 e. The van der Waals surface area contributed by atoms with E-state index in [-0.39, 0.29) is 5.60 Å². The van der Waals surface area contributed by atoms with Crippen LogP contribution in [0.1, 0.15) is 27.7 Å². The molecule has 0 radical (unpaired) electrons. The summed E-state index contributed by atoms with van der Waals surface area (Å²) in [6.45, 7) is 9.93. The Kier molecular flexibility index (Phi) is 6.37. The van der Waals surface area contributed by atoms with Gasteiger partial charge in [-0.15, -0.1) is 0 Å². The first-order valence-corrected chi connectivity index (χ1v) is 7.61. The van der Waals surface area contributed by atoms with Crippen molar-refractivity contribution in [1.29, 1.82) is 0 Å². The molecule has 0 aliphatic rings. The lowest BCUT2D eigenvalue weighted by molar-refractivity contribution is -0.0168. The van der Waals surface area contributed by atoms with Crippen molar-refractivity contribution >= 4 is 17.6 Å². The van der Waals surface area contributed by atoms with Crippen LogP contribution in [0.25, 0.3) is 0 Å². The molecule has 0 amide bonds. The van der Waals surface area contributed by atoms with Gasteiger partial charge in [0.25, 0.3) is 0 Å². The summed E-state index contributed by atoms with van der Waals surface area (Å²) >= 11 is 1.49. The van der Waals surface area contributed by atoms with E-state index in [0.717, 1.165) is 12.4 Å². The monoisotopic (exact) mass is 285 g/mol. The molecule has 0 saturated heterocycles. The highest BCUT2D eigenvalue weighted by molar-refractivity contribution is 7.98. The van der Waals surface area contributed by atoms with Crippen molar-refractivity contribution < 1.29 is 9.47 Å². The minimum absolute atomic E-state index is 0.144. The molecule has 0 atom stereocenters. The third-order valence-corrected chi connectivity index (χ3v) is 2.64. The van der Waals surface area contributed by atoms with Gasteiger partial charge in [0.05, 0.1) is 12.2 Å². The van der Waals surface area contributed by atoms with Crippen molar-refractivity contribution in [1.82, 2.24) is 9.97 Å². The Balaban J connectivity index is 2.54. The molecule has 108 valence electrons. The number of aromatic nitrogens is 2. The number of hydrogen-bond donors (Lipinski definition) is 1. The van der Waals surface area contributed by atoms with Gasteiger partial charge >= 0.3 is 0 Å². The lowest BCUT2D eigenvalue weighted by Crippen LogP contribution is -2.22. The summed E-state index contributed by atoms with van der Waals surface area (Å²) in [6.07, 6.45) is 1.94. The maximum Gasteiger partial charge on any atom is 0.219 e. The molecule has 0 saturated carbocycles. The average Bonchev–Trinajstić information content (AvgIpc) is 2.34. The van der Waals surface area contributed by atoms with Crippen molar-refractivity contribution in [3.8, 4) is 5.88 Å². The van der Waals surface area contributed by atoms with Gasteiger partial charge in [0.1, 0.15) is 12.4 Å². The average molecular weight is 285 g/mol. The van der Waals surface area contributed by atoms with E-state index in [4.69, 9.17) is 9.47 Å². The van der Waals surface area contributed by atoms with Crippen LogP contribution in [-0.4, -0.2) is 41.6 Å². The minimum Gasteiger partial charge on any atom is -0.475 e. The second-order valence-electron chi connectivity index (χ2n) is 4.92. The summed E-state index contributed by atoms with van der Waals surface area (Å²) < 4.78 is 11.2. The van der Waals surface area contributed by atoms with E-state index in [1.807, 2.05) is 34.0 Å². The molecule has 0 fully saturated rings. The topological polar surface area (TPSA) is 56.3 Å². The molecule has 6 heteroatoms. The minimum atomic E-state index is -0.144. The van der Waals surface area contributed by atoms with E-state index in [9.17, 15) is 0 Å². The fraction of sp³-hybridized carbons (Fsp3) is 0.692. The second kappa shape index (κ2) is 7.55. The lowest BCUT2D eigenvalue weighted by atomic mass is 10.2. The summed E-state index contributed by atoms with van der Waals surface area (Å²) in [6, 6.07) is 1.81. The first kappa shape index (κ1) is 16.0. The predicted octanol–water partition coefficient (Wildman–Crippen LogP) is 2.82. The number of hydrogen-bond acceptors (Lipinski definition) is 6. The van der Waals surface area contributed by atoms with Gasteiger partial charge < -0.3 is 14.8 Å². The van der Waals surface area contributed by atoms with E-state index in [2.05, 4.69) is 15.3 Å². The molecule has 0 aromatic carbocycles. The zero-order chi connectivity index (χ0) is 14.3. The molecule has 5 nitrogen and oxygen atoms in total. The van der Waals surface area contributed by atoms with Crippen molar-refractivity contribution in [2.24, 2.45) is 0 Å². The van der Waals surface area contributed by atoms with Gasteiger partial charge in [-0.05, 0) is 34.0 Å². The fourth-order valence-corrected chi connectivity index (χ4v) is 1.71. The first-order chi connectivity index (χ1) is 8.94. The number of anilines is 1. The zero-order valence-electron chi connectivity index (χ0n) is 12.3. The summed E-state index contributed by atoms with van der Waals surface area (Å²) in [5.74, 6) is 1.36. The molecule has 0 spiro atoms. The van der Waals surface area contributed by atoms with Crippen LogP contribution in [0, 0.1) is 0 Å². The molecule has 1 heterocycles. The molecule has 1 rings (SSSR count). The molecule has 0 aliphatic carbocycles. The van der Waals surface area contributed by atoms with Gasteiger partial charge in [-0.1, -0.05) is 11.8 Å². The maximum atomic E-state index is 5.60. The summed E-state index contributed by atoms with van der Waals surface area (Å²) in [5, 5.41) is 3.86. The molecule has 1 aromatic heterocycles. The number of nitrogens with one attached hydrogen (secondary N) is 1. The Morgan fingerprint density at radius 3 is 2.58 bits per heavy atom. The van der Waals surface area contributed by atoms with E-state index in [0.29, 0.717) is 24.3 Å². The van der Waals surface area contributed by atoms with Gasteiger partial charge in [-0.2, -0.15) is 4.98 Å². The molecular weight excluding hydrogens is 262 g/mol. The van der Waals surface area contributed by atoms with Crippen molar-refractivity contribution in [3.05, 3.63) is 6.07 Å². The fourth-order valence-electron chi connectivity index (χ4n) is 1.33. The summed E-state index contributed by atoms with van der Waals surface area (Å²) in [4.78, 5) is 8.64. The van der Waals surface area contributed by atoms with Crippen LogP contribution in [0.15, 0.2) is 11.2 Å². The highest BCUT2D eigenvalue weighted by atomic mass is 32.2. The van der Waals surface area contributed by atoms with E-state index in [1.165, 1.54) is 11.8 Å². The zero-order valence-corrected chi connectivity index (χ0v) is 13.1. The van der Waals surface area contributed by atoms with Gasteiger partial charge in [0.2, 0.25) is 5.88 Å². The highest BCUT2D eigenvalue weighted by Gasteiger charge is 2.10. The van der Waals surface area contributed by atoms with Crippen LogP contribution in [-0.2, 0) is 4.74 Å². The van der Waals surface area contributed by atoms with Crippen molar-refractivity contribution in [2.45, 2.75) is 38.5 Å². The number of rotatable bonds is 7. The Hall–Kier alpha value is -1.01. The van der Waals surface area contributed by atoms with E-state index >= 15 is 0 Å². The first-order valence-electron chi connectivity index (χ1n) is 6.38. The van der Waals surface area contributed by atoms with Crippen LogP contribution >= 0.6 is 11.8 Å². The van der Waals surface area contributed by atoms with Crippen LogP contribution in [0.2, 0.25) is 0 Å². The van der Waals surface area contributed by atoms with Crippen molar-refractivity contribution in [2.75, 3.05) is 31.3 Å².